The Morgan fingerprint density at radius 1 is 0.298 bits per heavy atom. The Bertz CT molecular complexity index is 5270. The van der Waals surface area contributed by atoms with Crippen LogP contribution in [-0.4, -0.2) is 272 Å². The first-order valence-corrected chi connectivity index (χ1v) is 44.3. The summed E-state index contributed by atoms with van der Waals surface area (Å²) in [4.78, 5) is 63.8. The van der Waals surface area contributed by atoms with Crippen LogP contribution in [0.2, 0.25) is 0 Å². The molecule has 8 aromatic rings. The number of carbonyl (C=O) groups excluding carboxylic acids is 4. The van der Waals surface area contributed by atoms with Crippen molar-refractivity contribution in [2.24, 2.45) is 15.3 Å². The zero-order valence-electron chi connectivity index (χ0n) is 76.8. The first-order valence-electron chi connectivity index (χ1n) is 44.3. The molecule has 30 atom stereocenters. The van der Waals surface area contributed by atoms with Gasteiger partial charge in [0.2, 0.25) is 0 Å². The number of hydrogen-bond donors (Lipinski definition) is 7. The summed E-state index contributed by atoms with van der Waals surface area (Å²) >= 11 is 0. The summed E-state index contributed by atoms with van der Waals surface area (Å²) in [5.41, 5.74) is 36.0. The number of aliphatic carboxylic acids is 3. The van der Waals surface area contributed by atoms with Crippen molar-refractivity contribution in [1.29, 1.82) is 0 Å². The number of alkyl carbamates (subject to hydrolysis) is 1. The molecule has 6 fully saturated rings. The molecule has 734 valence electrons. The molecule has 46 heteroatoms. The quantitative estimate of drug-likeness (QED) is 0.00616. The Labute approximate surface area is 874 Å². The van der Waals surface area contributed by atoms with Crippen LogP contribution >= 0.6 is 0 Å². The molecule has 0 radical (unpaired) electrons. The number of carboxylic acid groups (broad SMARTS) is 3. The number of hydrogen-bond acceptors (Lipinski definition) is 36. The van der Waals surface area contributed by atoms with Crippen LogP contribution < -0.4 is 109 Å². The maximum atomic E-state index is 14.2. The van der Waals surface area contributed by atoms with Gasteiger partial charge in [-0.2, -0.15) is 0 Å². The molecule has 6 heterocycles. The van der Waals surface area contributed by atoms with Crippen LogP contribution in [0.25, 0.3) is 31.3 Å². The largest absolute Gasteiger partial charge is 1.00 e. The molecule has 0 unspecified atom stereocenters. The van der Waals surface area contributed by atoms with E-state index in [9.17, 15) is 81.7 Å². The minimum atomic E-state index is -2.52. The molecule has 141 heavy (non-hydrogen) atoms. The van der Waals surface area contributed by atoms with E-state index in [1.165, 1.54) is 0 Å². The van der Waals surface area contributed by atoms with Gasteiger partial charge < -0.3 is 160 Å². The number of aliphatic hydroxyl groups excluding tert-OH is 6. The summed E-state index contributed by atoms with van der Waals surface area (Å²) < 4.78 is 127. The van der Waals surface area contributed by atoms with Crippen molar-refractivity contribution in [3.05, 3.63) is 318 Å². The maximum absolute atomic E-state index is 14.2. The molecule has 6 aliphatic heterocycles. The zero-order chi connectivity index (χ0) is 96.8. The molecule has 14 rings (SSSR count). The third-order valence-corrected chi connectivity index (χ3v) is 23.5. The number of nitrogens with zero attached hydrogens (tertiary/aromatic N) is 9. The predicted octanol–water partition coefficient (Wildman–Crippen LogP) is -5.34. The Hall–Kier alpha value is -8.63. The summed E-state index contributed by atoms with van der Waals surface area (Å²) in [6, 6.07) is 62.7. The molecule has 43 nitrogen and oxygen atoms in total. The van der Waals surface area contributed by atoms with Crippen LogP contribution in [-0.2, 0) is 162 Å². The molecule has 7 N–H and O–H groups in total. The molecule has 0 bridgehead atoms. The molecule has 8 aromatic carbocycles. The van der Waals surface area contributed by atoms with E-state index in [4.69, 9.17) is 94.7 Å². The number of benzene rings is 8. The molecular formula is C95H103N10Na3O33. The number of azide groups is 3. The fourth-order valence-electron chi connectivity index (χ4n) is 16.8. The molecule has 0 spiro atoms. The van der Waals surface area contributed by atoms with E-state index in [1.807, 2.05) is 0 Å². The monoisotopic (exact) mass is 1980 g/mol. The summed E-state index contributed by atoms with van der Waals surface area (Å²) in [5.74, 6) is -6.07. The van der Waals surface area contributed by atoms with Crippen LogP contribution in [0.3, 0.4) is 0 Å². The van der Waals surface area contributed by atoms with Crippen LogP contribution in [0.4, 0.5) is 4.79 Å². The van der Waals surface area contributed by atoms with Crippen molar-refractivity contribution >= 4 is 24.0 Å². The number of carbonyl (C=O) groups is 4. The Balaban J connectivity index is 0.00000633. The second-order valence-electron chi connectivity index (χ2n) is 32.7. The smallest absolute Gasteiger partial charge is 0.547 e. The number of nitrogens with one attached hydrogen (secondary N) is 1. The van der Waals surface area contributed by atoms with Crippen molar-refractivity contribution < 1.29 is 249 Å². The topological polar surface area (TPSA) is 602 Å². The molecule has 6 aliphatic rings. The summed E-state index contributed by atoms with van der Waals surface area (Å²) in [7, 11) is 0. The number of rotatable bonds is 46. The normalized spacial score (nSPS) is 30.7. The minimum Gasteiger partial charge on any atom is -0.547 e. The van der Waals surface area contributed by atoms with E-state index >= 15 is 0 Å². The minimum absolute atomic E-state index is 0. The van der Waals surface area contributed by atoms with E-state index < -0.39 is 248 Å². The number of amides is 1. The second-order valence-corrected chi connectivity index (χ2v) is 32.7. The van der Waals surface area contributed by atoms with E-state index in [2.05, 4.69) is 35.4 Å². The Morgan fingerprint density at radius 2 is 0.525 bits per heavy atom. The van der Waals surface area contributed by atoms with Gasteiger partial charge in [0.05, 0.1) is 90.6 Å². The maximum Gasteiger partial charge on any atom is 1.00 e. The summed E-state index contributed by atoms with van der Waals surface area (Å²) in [6.07, 6.45) is -54.1. The molecular weight excluding hydrogens is 1880 g/mol. The van der Waals surface area contributed by atoms with E-state index in [0.717, 1.165) is 0 Å². The molecule has 1 amide bonds. The average molecular weight is 1980 g/mol. The Morgan fingerprint density at radius 3 is 0.787 bits per heavy atom. The van der Waals surface area contributed by atoms with Crippen LogP contribution in [0.1, 0.15) is 44.5 Å². The van der Waals surface area contributed by atoms with Gasteiger partial charge in [-0.05, 0) is 61.1 Å². The average Bonchev–Trinajstić information content (AvgIpc) is 0.755. The van der Waals surface area contributed by atoms with Crippen LogP contribution in [0.15, 0.2) is 258 Å². The van der Waals surface area contributed by atoms with Gasteiger partial charge in [-0.1, -0.05) is 258 Å². The van der Waals surface area contributed by atoms with E-state index in [1.54, 1.807) is 243 Å². The van der Waals surface area contributed by atoms with Crippen LogP contribution in [0, 0.1) is 0 Å². The fraction of sp³-hybridized carbons (Fsp3) is 0.453. The van der Waals surface area contributed by atoms with Crippen molar-refractivity contribution in [3.8, 4) is 0 Å². The number of ether oxygens (including phenoxy) is 20. The first-order chi connectivity index (χ1) is 67.3. The van der Waals surface area contributed by atoms with Gasteiger partial charge in [0.15, 0.2) is 37.7 Å². The molecule has 0 aromatic heterocycles. The molecule has 6 saturated heterocycles. The third-order valence-electron chi connectivity index (χ3n) is 23.5. The van der Waals surface area contributed by atoms with E-state index in [0.29, 0.717) is 44.5 Å². The van der Waals surface area contributed by atoms with Gasteiger partial charge in [0.1, 0.15) is 153 Å². The SMILES string of the molecule is [N-]=[N+]=N[C@H]1[C@@H](O[C@H]2[C@H](OCc3ccccc3)[C@@H](O)[C@H](O[C@H]3[C@H](OCc4ccccc4)[C@@H](N=[N+]=[N-])[C@@H](O[C@H]4[C@H](OCc5ccccc5)[C@@H](O)[C@H](O[C@H]5[C@H](OCc6ccccc6)[C@@H](N=[N+]=[N-])[C@@H](O[C@H]6[C@H](OCc7ccccc7)[C@@H](O)[C@H](OCCNC(=O)OCc7ccccc7)O[C@H]6C(=O)[O-])O[C@@H]5CO)O[C@H]4C(=O)[O-])O[C@@H]3CO)O[C@H]2C(=O)[O-])O[C@H](CO)[C@@H](OCc2ccccc2)[C@@H]1OCc1ccccc1.[Na+].[Na+].[Na+]. The van der Waals surface area contributed by atoms with Crippen molar-refractivity contribution in [2.75, 3.05) is 33.0 Å². The molecule has 0 saturated carbocycles. The third kappa shape index (κ3) is 30.3. The molecule has 0 aliphatic carbocycles. The first kappa shape index (κ1) is 113. The summed E-state index contributed by atoms with van der Waals surface area (Å²) in [5, 5.41) is 129. The second kappa shape index (κ2) is 57.3. The van der Waals surface area contributed by atoms with Gasteiger partial charge in [0, 0.05) is 21.3 Å². The van der Waals surface area contributed by atoms with Gasteiger partial charge in [0.25, 0.3) is 0 Å². The number of carboxylic acids is 3. The zero-order valence-corrected chi connectivity index (χ0v) is 82.8. The van der Waals surface area contributed by atoms with Gasteiger partial charge in [-0.15, -0.1) is 0 Å². The van der Waals surface area contributed by atoms with Crippen molar-refractivity contribution in [2.45, 2.75) is 237 Å². The van der Waals surface area contributed by atoms with Crippen molar-refractivity contribution in [3.63, 3.8) is 0 Å². The fourth-order valence-corrected chi connectivity index (χ4v) is 16.8. The van der Waals surface area contributed by atoms with Gasteiger partial charge in [-0.3, -0.25) is 0 Å². The summed E-state index contributed by atoms with van der Waals surface area (Å²) in [6.45, 7) is -5.89. The van der Waals surface area contributed by atoms with Crippen LogP contribution in [0.5, 0.6) is 0 Å². The standard InChI is InChI=1S/C95H106N10O33.3Na/c96-103-100-65-74(121-47-55-27-11-2-12-28-55)71(120-46-54-25-9-1-10-26-54)62(43-106)128-89(65)134-81-78(125-51-59-35-19-6-20-36-59)69(110)93(137-84(81)87(114)115)132-73-64(45-108)130-91(67(102-105-98)76(73)123-49-57-31-15-4-16-32-57)135-82-79(126-52-60-37-21-7-22-38-60)70(111)94(138-85(82)88(116)117)131-72-63(44-107)129-90(66(101-104-97)75(72)122-48-56-29-13-3-14-30-56)133-80-77(124-50-58-33-17-5-18-34-58)68(109)92(136-83(80)86(112)113)119-42-41-99-95(118)127-53-61-39-23-8-24-40-61;;;/h1-40,62-85,89-94,106-111H,41-53H2,(H,99,118)(H,112,113)(H,114,115)(H,116,117);;;/q;3*+1/p-3/t62-,63-,64-,65-,66-,67-,68-,69-,70-,71-,72-,73-,74-,75-,76-,77-,78-,79-,80+,81+,82+,83-,84-,85-,89-,90-,91-,92-,93-,94-;;;/m1.../s1. The van der Waals surface area contributed by atoms with Gasteiger partial charge in [-0.25, -0.2) is 4.79 Å². The van der Waals surface area contributed by atoms with Gasteiger partial charge >= 0.3 is 94.8 Å². The number of aliphatic hydroxyl groups is 6. The van der Waals surface area contributed by atoms with E-state index in [-0.39, 0.29) is 135 Å². The van der Waals surface area contributed by atoms with Crippen molar-refractivity contribution in [1.82, 2.24) is 5.32 Å². The predicted molar refractivity (Wildman–Crippen MR) is 465 cm³/mol. The Kier molecular flexibility index (Phi) is 45.8.